The van der Waals surface area contributed by atoms with Crippen molar-refractivity contribution >= 4 is 21.6 Å². The zero-order chi connectivity index (χ0) is 24.4. The second-order valence-electron chi connectivity index (χ2n) is 8.99. The number of thiazole rings is 1. The number of hydrogen-bond acceptors (Lipinski definition) is 7. The van der Waals surface area contributed by atoms with E-state index in [2.05, 4.69) is 19.9 Å². The maximum Gasteiger partial charge on any atom is 0.178 e. The number of fused-ring (bicyclic) bond motifs is 1. The molecule has 2 atom stereocenters. The Bertz CT molecular complexity index is 1260. The minimum absolute atomic E-state index is 0.237. The minimum Gasteiger partial charge on any atom is -0.472 e. The second-order valence-corrected chi connectivity index (χ2v) is 10.2. The van der Waals surface area contributed by atoms with Gasteiger partial charge in [0.15, 0.2) is 6.23 Å². The van der Waals surface area contributed by atoms with Crippen LogP contribution in [0.1, 0.15) is 11.9 Å². The van der Waals surface area contributed by atoms with Crippen molar-refractivity contribution in [1.29, 1.82) is 0 Å². The van der Waals surface area contributed by atoms with Gasteiger partial charge >= 0.3 is 0 Å². The van der Waals surface area contributed by atoms with Crippen LogP contribution in [0.15, 0.2) is 54.9 Å². The van der Waals surface area contributed by atoms with E-state index in [0.717, 1.165) is 71.4 Å². The standard InChI is InChI=1S/C26H30FN5O2S/c1-18(33)26(34-23-7-8-25-24(15-23)29-19(2)35-25)31-12-9-30(10-13-31)11-14-32-17-21(16-28-32)20-3-5-22(27)6-4-20/h3-8,15-18,26,33H,9-14H2,1-2H3/t18-,26?/m0/s1. The molecule has 1 fully saturated rings. The summed E-state index contributed by atoms with van der Waals surface area (Å²) in [7, 11) is 0. The molecule has 3 heterocycles. The Morgan fingerprint density at radius 3 is 2.57 bits per heavy atom. The average Bonchev–Trinajstić information content (AvgIpc) is 3.47. The molecule has 1 aliphatic rings. The smallest absolute Gasteiger partial charge is 0.178 e. The van der Waals surface area contributed by atoms with Crippen molar-refractivity contribution in [3.8, 4) is 16.9 Å². The molecule has 184 valence electrons. The largest absolute Gasteiger partial charge is 0.472 e. The molecular weight excluding hydrogens is 465 g/mol. The van der Waals surface area contributed by atoms with E-state index in [-0.39, 0.29) is 5.82 Å². The molecule has 0 bridgehead atoms. The molecule has 35 heavy (non-hydrogen) atoms. The van der Waals surface area contributed by atoms with Crippen LogP contribution >= 0.6 is 11.3 Å². The Morgan fingerprint density at radius 1 is 1.06 bits per heavy atom. The van der Waals surface area contributed by atoms with Gasteiger partial charge in [-0.2, -0.15) is 5.10 Å². The van der Waals surface area contributed by atoms with Crippen LogP contribution in [-0.2, 0) is 6.54 Å². The molecule has 1 N–H and O–H groups in total. The molecule has 0 amide bonds. The number of nitrogens with zero attached hydrogens (tertiary/aromatic N) is 5. The monoisotopic (exact) mass is 495 g/mol. The third kappa shape index (κ3) is 5.70. The molecule has 1 aliphatic heterocycles. The lowest BCUT2D eigenvalue weighted by molar-refractivity contribution is -0.0746. The molecule has 4 aromatic rings. The summed E-state index contributed by atoms with van der Waals surface area (Å²) in [6, 6.07) is 12.4. The Balaban J connectivity index is 1.14. The molecule has 9 heteroatoms. The SMILES string of the molecule is Cc1nc2cc(OC([C@H](C)O)N3CCN(CCn4cc(-c5ccc(F)cc5)cn4)CC3)ccc2s1. The molecule has 2 aromatic heterocycles. The van der Waals surface area contributed by atoms with Crippen LogP contribution in [0.25, 0.3) is 21.3 Å². The Hall–Kier alpha value is -2.85. The van der Waals surface area contributed by atoms with Gasteiger partial charge in [0.05, 0.1) is 28.0 Å². The number of benzene rings is 2. The van der Waals surface area contributed by atoms with Crippen molar-refractivity contribution in [2.75, 3.05) is 32.7 Å². The number of aryl methyl sites for hydroxylation is 1. The molecule has 5 rings (SSSR count). The van der Waals surface area contributed by atoms with Crippen LogP contribution in [0.2, 0.25) is 0 Å². The summed E-state index contributed by atoms with van der Waals surface area (Å²) in [5.74, 6) is 0.492. The van der Waals surface area contributed by atoms with E-state index in [1.54, 1.807) is 30.4 Å². The highest BCUT2D eigenvalue weighted by atomic mass is 32.1. The Kier molecular flexibility index (Phi) is 7.10. The van der Waals surface area contributed by atoms with Crippen molar-refractivity contribution in [3.05, 3.63) is 65.7 Å². The number of hydrogen-bond donors (Lipinski definition) is 1. The number of rotatable bonds is 8. The van der Waals surface area contributed by atoms with Crippen LogP contribution < -0.4 is 4.74 Å². The van der Waals surface area contributed by atoms with Crippen LogP contribution in [0.5, 0.6) is 5.75 Å². The molecular formula is C26H30FN5O2S. The van der Waals surface area contributed by atoms with Crippen molar-refractivity contribution in [2.24, 2.45) is 0 Å². The zero-order valence-corrected chi connectivity index (χ0v) is 20.8. The van der Waals surface area contributed by atoms with E-state index in [0.29, 0.717) is 0 Å². The fourth-order valence-electron chi connectivity index (χ4n) is 4.48. The molecule has 0 spiro atoms. The number of piperazine rings is 1. The van der Waals surface area contributed by atoms with E-state index in [9.17, 15) is 9.50 Å². The lowest BCUT2D eigenvalue weighted by Gasteiger charge is -2.40. The topological polar surface area (TPSA) is 66.7 Å². The first-order valence-electron chi connectivity index (χ1n) is 11.9. The van der Waals surface area contributed by atoms with Crippen LogP contribution in [0, 0.1) is 12.7 Å². The van der Waals surface area contributed by atoms with E-state index in [1.807, 2.05) is 42.2 Å². The third-order valence-electron chi connectivity index (χ3n) is 6.36. The van der Waals surface area contributed by atoms with Gasteiger partial charge in [-0.3, -0.25) is 14.5 Å². The summed E-state index contributed by atoms with van der Waals surface area (Å²) in [5.41, 5.74) is 2.87. The van der Waals surface area contributed by atoms with Crippen molar-refractivity contribution in [1.82, 2.24) is 24.6 Å². The van der Waals surface area contributed by atoms with Crippen LogP contribution in [-0.4, -0.2) is 74.7 Å². The van der Waals surface area contributed by atoms with Gasteiger partial charge in [-0.1, -0.05) is 12.1 Å². The fourth-order valence-corrected chi connectivity index (χ4v) is 5.28. The molecule has 1 saturated heterocycles. The van der Waals surface area contributed by atoms with E-state index in [1.165, 1.54) is 12.1 Å². The molecule has 0 saturated carbocycles. The van der Waals surface area contributed by atoms with Gasteiger partial charge in [-0.05, 0) is 43.7 Å². The van der Waals surface area contributed by atoms with Gasteiger partial charge in [-0.25, -0.2) is 9.37 Å². The summed E-state index contributed by atoms with van der Waals surface area (Å²) in [4.78, 5) is 9.16. The summed E-state index contributed by atoms with van der Waals surface area (Å²) in [6.45, 7) is 8.86. The van der Waals surface area contributed by atoms with Crippen molar-refractivity contribution in [2.45, 2.75) is 32.7 Å². The summed E-state index contributed by atoms with van der Waals surface area (Å²) in [5, 5.41) is 15.9. The highest BCUT2D eigenvalue weighted by Crippen LogP contribution is 2.27. The molecule has 1 unspecified atom stereocenters. The van der Waals surface area contributed by atoms with Gasteiger partial charge in [0.25, 0.3) is 0 Å². The molecule has 2 aromatic carbocycles. The Labute approximate surface area is 208 Å². The van der Waals surface area contributed by atoms with Gasteiger partial charge < -0.3 is 9.84 Å². The van der Waals surface area contributed by atoms with E-state index >= 15 is 0 Å². The zero-order valence-electron chi connectivity index (χ0n) is 20.0. The predicted octanol–water partition coefficient (Wildman–Crippen LogP) is 4.01. The van der Waals surface area contributed by atoms with E-state index < -0.39 is 12.3 Å². The molecule has 0 radical (unpaired) electrons. The summed E-state index contributed by atoms with van der Waals surface area (Å²) >= 11 is 1.67. The van der Waals surface area contributed by atoms with Gasteiger partial charge in [-0.15, -0.1) is 11.3 Å². The van der Waals surface area contributed by atoms with Crippen LogP contribution in [0.4, 0.5) is 4.39 Å². The number of ether oxygens (including phenoxy) is 1. The highest BCUT2D eigenvalue weighted by Gasteiger charge is 2.28. The van der Waals surface area contributed by atoms with Gasteiger partial charge in [0.2, 0.25) is 0 Å². The lowest BCUT2D eigenvalue weighted by Crippen LogP contribution is -2.55. The predicted molar refractivity (Wildman–Crippen MR) is 136 cm³/mol. The first-order valence-corrected chi connectivity index (χ1v) is 12.7. The average molecular weight is 496 g/mol. The van der Waals surface area contributed by atoms with E-state index in [4.69, 9.17) is 4.74 Å². The highest BCUT2D eigenvalue weighted by molar-refractivity contribution is 7.18. The number of aliphatic hydroxyl groups is 1. The van der Waals surface area contributed by atoms with Crippen molar-refractivity contribution in [3.63, 3.8) is 0 Å². The summed E-state index contributed by atoms with van der Waals surface area (Å²) < 4.78 is 22.5. The van der Waals surface area contributed by atoms with Gasteiger partial charge in [0, 0.05) is 50.6 Å². The number of aliphatic hydroxyl groups excluding tert-OH is 1. The quantitative estimate of drug-likeness (QED) is 0.399. The lowest BCUT2D eigenvalue weighted by atomic mass is 10.1. The first-order chi connectivity index (χ1) is 16.9. The number of halogens is 1. The fraction of sp³-hybridized carbons (Fsp3) is 0.385. The van der Waals surface area contributed by atoms with Crippen molar-refractivity contribution < 1.29 is 14.2 Å². The maximum atomic E-state index is 13.2. The normalized spacial score (nSPS) is 17.0. The summed E-state index contributed by atoms with van der Waals surface area (Å²) in [6.07, 6.45) is 2.80. The second kappa shape index (κ2) is 10.4. The maximum absolute atomic E-state index is 13.2. The Morgan fingerprint density at radius 2 is 1.83 bits per heavy atom. The van der Waals surface area contributed by atoms with Gasteiger partial charge in [0.1, 0.15) is 17.7 Å². The number of aromatic nitrogens is 3. The van der Waals surface area contributed by atoms with Crippen LogP contribution in [0.3, 0.4) is 0 Å². The molecule has 7 nitrogen and oxygen atoms in total. The molecule has 0 aliphatic carbocycles. The minimum atomic E-state index is -0.622. The first kappa shape index (κ1) is 23.9. The third-order valence-corrected chi connectivity index (χ3v) is 7.31.